The number of hydrogen-bond acceptors (Lipinski definition) is 1. The topological polar surface area (TPSA) is 23.8 Å². The van der Waals surface area contributed by atoms with Gasteiger partial charge in [-0.15, -0.1) is 0 Å². The standard InChI is InChI=1S/C12H15N/c1-12(2,3)11-6-4-5-10(9-13)7-8-11/h4-8,10H,1-3H3. The highest BCUT2D eigenvalue weighted by atomic mass is 14.3. The minimum atomic E-state index is -0.0731. The Kier molecular flexibility index (Phi) is 2.72. The molecule has 1 unspecified atom stereocenters. The summed E-state index contributed by atoms with van der Waals surface area (Å²) in [6.07, 6.45) is 9.95. The second kappa shape index (κ2) is 3.62. The Labute approximate surface area is 80.1 Å². The van der Waals surface area contributed by atoms with E-state index < -0.39 is 0 Å². The zero-order chi connectivity index (χ0) is 9.90. The molecule has 0 aromatic rings. The lowest BCUT2D eigenvalue weighted by molar-refractivity contribution is 0.517. The minimum absolute atomic E-state index is 0.0731. The molecule has 0 heterocycles. The van der Waals surface area contributed by atoms with Crippen molar-refractivity contribution < 1.29 is 0 Å². The van der Waals surface area contributed by atoms with Gasteiger partial charge in [0.05, 0.1) is 12.0 Å². The van der Waals surface area contributed by atoms with Gasteiger partial charge in [-0.05, 0) is 11.0 Å². The SMILES string of the molecule is CC(C)(C)C1=CC=CC(C#N)C=C1. The van der Waals surface area contributed by atoms with Gasteiger partial charge in [0.1, 0.15) is 0 Å². The molecule has 1 aliphatic carbocycles. The number of allylic oxidation sites excluding steroid dienone is 6. The van der Waals surface area contributed by atoms with Crippen LogP contribution in [-0.4, -0.2) is 0 Å². The Balaban J connectivity index is 2.90. The Morgan fingerprint density at radius 3 is 2.54 bits per heavy atom. The average molecular weight is 173 g/mol. The highest BCUT2D eigenvalue weighted by Gasteiger charge is 2.15. The zero-order valence-corrected chi connectivity index (χ0v) is 8.41. The molecular weight excluding hydrogens is 158 g/mol. The molecule has 0 aliphatic heterocycles. The van der Waals surface area contributed by atoms with Crippen molar-refractivity contribution in [2.24, 2.45) is 11.3 Å². The highest BCUT2D eigenvalue weighted by Crippen LogP contribution is 2.27. The average Bonchev–Trinajstić information content (AvgIpc) is 2.26. The van der Waals surface area contributed by atoms with Gasteiger partial charge >= 0.3 is 0 Å². The number of nitriles is 1. The maximum Gasteiger partial charge on any atom is 0.0830 e. The molecule has 13 heavy (non-hydrogen) atoms. The molecule has 1 atom stereocenters. The second-order valence-corrected chi connectivity index (χ2v) is 4.27. The summed E-state index contributed by atoms with van der Waals surface area (Å²) in [5, 5.41) is 8.73. The molecule has 1 nitrogen and oxygen atoms in total. The summed E-state index contributed by atoms with van der Waals surface area (Å²) in [5.41, 5.74) is 1.42. The summed E-state index contributed by atoms with van der Waals surface area (Å²) in [7, 11) is 0. The maximum absolute atomic E-state index is 8.73. The predicted molar refractivity (Wildman–Crippen MR) is 54.9 cm³/mol. The largest absolute Gasteiger partial charge is 0.197 e. The van der Waals surface area contributed by atoms with Crippen LogP contribution in [0.25, 0.3) is 0 Å². The van der Waals surface area contributed by atoms with Crippen molar-refractivity contribution in [3.8, 4) is 6.07 Å². The van der Waals surface area contributed by atoms with Crippen molar-refractivity contribution in [3.63, 3.8) is 0 Å². The van der Waals surface area contributed by atoms with Gasteiger partial charge in [-0.1, -0.05) is 51.2 Å². The van der Waals surface area contributed by atoms with Crippen LogP contribution < -0.4 is 0 Å². The van der Waals surface area contributed by atoms with Gasteiger partial charge in [0.25, 0.3) is 0 Å². The van der Waals surface area contributed by atoms with E-state index in [4.69, 9.17) is 5.26 Å². The van der Waals surface area contributed by atoms with E-state index in [0.717, 1.165) is 0 Å². The summed E-state index contributed by atoms with van der Waals surface area (Å²) in [6, 6.07) is 2.21. The van der Waals surface area contributed by atoms with Crippen LogP contribution >= 0.6 is 0 Å². The molecule has 0 aromatic carbocycles. The van der Waals surface area contributed by atoms with Gasteiger partial charge in [0.2, 0.25) is 0 Å². The van der Waals surface area contributed by atoms with Gasteiger partial charge < -0.3 is 0 Å². The van der Waals surface area contributed by atoms with Crippen LogP contribution in [0.4, 0.5) is 0 Å². The number of nitrogens with zero attached hydrogens (tertiary/aromatic N) is 1. The lowest BCUT2D eigenvalue weighted by Gasteiger charge is -2.19. The Bertz CT molecular complexity index is 305. The van der Waals surface area contributed by atoms with Crippen LogP contribution in [0.5, 0.6) is 0 Å². The Morgan fingerprint density at radius 2 is 2.00 bits per heavy atom. The van der Waals surface area contributed by atoms with Crippen molar-refractivity contribution in [1.82, 2.24) is 0 Å². The van der Waals surface area contributed by atoms with Crippen LogP contribution in [0, 0.1) is 22.7 Å². The number of hydrogen-bond donors (Lipinski definition) is 0. The third-order valence-electron chi connectivity index (χ3n) is 2.09. The van der Waals surface area contributed by atoms with Crippen molar-refractivity contribution in [2.75, 3.05) is 0 Å². The Hall–Kier alpha value is -1.29. The minimum Gasteiger partial charge on any atom is -0.197 e. The van der Waals surface area contributed by atoms with Crippen LogP contribution in [0.2, 0.25) is 0 Å². The predicted octanol–water partition coefficient (Wildman–Crippen LogP) is 3.22. The van der Waals surface area contributed by atoms with E-state index in [1.807, 2.05) is 24.3 Å². The van der Waals surface area contributed by atoms with Gasteiger partial charge in [-0.25, -0.2) is 0 Å². The lowest BCUT2D eigenvalue weighted by Crippen LogP contribution is -2.06. The Morgan fingerprint density at radius 1 is 1.31 bits per heavy atom. The first-order valence-electron chi connectivity index (χ1n) is 4.51. The maximum atomic E-state index is 8.73. The molecule has 1 rings (SSSR count). The molecule has 68 valence electrons. The molecule has 1 aliphatic rings. The molecule has 0 fully saturated rings. The monoisotopic (exact) mass is 173 g/mol. The van der Waals surface area contributed by atoms with Gasteiger partial charge in [0, 0.05) is 0 Å². The molecule has 0 radical (unpaired) electrons. The second-order valence-electron chi connectivity index (χ2n) is 4.27. The zero-order valence-electron chi connectivity index (χ0n) is 8.41. The van der Waals surface area contributed by atoms with Crippen LogP contribution in [0.1, 0.15) is 20.8 Å². The fourth-order valence-electron chi connectivity index (χ4n) is 1.19. The summed E-state index contributed by atoms with van der Waals surface area (Å²) in [5.74, 6) is -0.0731. The van der Waals surface area contributed by atoms with Crippen molar-refractivity contribution in [1.29, 1.82) is 5.26 Å². The van der Waals surface area contributed by atoms with Gasteiger partial charge in [-0.3, -0.25) is 0 Å². The summed E-state index contributed by atoms with van der Waals surface area (Å²) in [4.78, 5) is 0. The third kappa shape index (κ3) is 2.59. The van der Waals surface area contributed by atoms with Crippen LogP contribution in [0.3, 0.4) is 0 Å². The van der Waals surface area contributed by atoms with E-state index in [1.165, 1.54) is 5.57 Å². The number of rotatable bonds is 0. The fraction of sp³-hybridized carbons (Fsp3) is 0.417. The molecule has 0 aromatic heterocycles. The van der Waals surface area contributed by atoms with Gasteiger partial charge in [0.15, 0.2) is 0 Å². The van der Waals surface area contributed by atoms with Crippen molar-refractivity contribution in [2.45, 2.75) is 20.8 Å². The first-order valence-corrected chi connectivity index (χ1v) is 4.51. The summed E-state index contributed by atoms with van der Waals surface area (Å²) >= 11 is 0. The van der Waals surface area contributed by atoms with E-state index in [9.17, 15) is 0 Å². The lowest BCUT2D eigenvalue weighted by atomic mass is 9.86. The molecule has 0 spiro atoms. The van der Waals surface area contributed by atoms with E-state index in [1.54, 1.807) is 0 Å². The smallest absolute Gasteiger partial charge is 0.0830 e. The quantitative estimate of drug-likeness (QED) is 0.551. The van der Waals surface area contributed by atoms with E-state index >= 15 is 0 Å². The third-order valence-corrected chi connectivity index (χ3v) is 2.09. The normalized spacial score (nSPS) is 22.0. The molecule has 0 saturated heterocycles. The van der Waals surface area contributed by atoms with Crippen LogP contribution in [-0.2, 0) is 0 Å². The van der Waals surface area contributed by atoms with Crippen molar-refractivity contribution in [3.05, 3.63) is 36.0 Å². The molecular formula is C12H15N. The molecule has 1 heteroatoms. The van der Waals surface area contributed by atoms with Crippen molar-refractivity contribution >= 4 is 0 Å². The van der Waals surface area contributed by atoms with E-state index in [-0.39, 0.29) is 11.3 Å². The summed E-state index contributed by atoms with van der Waals surface area (Å²) < 4.78 is 0. The first kappa shape index (κ1) is 9.80. The van der Waals surface area contributed by atoms with Crippen LogP contribution in [0.15, 0.2) is 36.0 Å². The van der Waals surface area contributed by atoms with Gasteiger partial charge in [-0.2, -0.15) is 5.26 Å². The molecule has 0 bridgehead atoms. The first-order chi connectivity index (χ1) is 6.04. The van der Waals surface area contributed by atoms with E-state index in [0.29, 0.717) is 0 Å². The highest BCUT2D eigenvalue weighted by molar-refractivity contribution is 5.34. The molecule has 0 saturated carbocycles. The van der Waals surface area contributed by atoms with E-state index in [2.05, 4.69) is 32.9 Å². The fourth-order valence-corrected chi connectivity index (χ4v) is 1.19. The summed E-state index contributed by atoms with van der Waals surface area (Å²) in [6.45, 7) is 6.51. The molecule has 0 amide bonds. The molecule has 0 N–H and O–H groups in total.